The summed E-state index contributed by atoms with van der Waals surface area (Å²) in [6, 6.07) is 3.49. The molecular weight excluding hydrogens is 368 g/mol. The molecule has 0 amide bonds. The maximum absolute atomic E-state index is 9.10. The molecule has 2 aromatic heterocycles. The Bertz CT molecular complexity index is 615. The summed E-state index contributed by atoms with van der Waals surface area (Å²) in [6.07, 6.45) is 8.10. The van der Waals surface area contributed by atoms with Crippen molar-refractivity contribution in [1.29, 1.82) is 0 Å². The first-order chi connectivity index (χ1) is 13.3. The number of carbonyl (C=O) groups is 2. The van der Waals surface area contributed by atoms with E-state index in [0.29, 0.717) is 25.9 Å². The van der Waals surface area contributed by atoms with Crippen LogP contribution in [-0.2, 0) is 22.4 Å². The van der Waals surface area contributed by atoms with Crippen molar-refractivity contribution in [3.63, 3.8) is 0 Å². The van der Waals surface area contributed by atoms with Crippen molar-refractivity contribution < 1.29 is 19.8 Å². The molecule has 2 rings (SSSR count). The van der Waals surface area contributed by atoms with Crippen LogP contribution in [0.25, 0.3) is 0 Å². The van der Waals surface area contributed by atoms with E-state index in [1.54, 1.807) is 36.9 Å². The smallest absolute Gasteiger partial charge is 0.414 e. The third-order valence-corrected chi connectivity index (χ3v) is 2.92. The van der Waals surface area contributed by atoms with Gasteiger partial charge in [-0.2, -0.15) is 0 Å². The average Bonchev–Trinajstić information content (AvgIpc) is 2.70. The van der Waals surface area contributed by atoms with Gasteiger partial charge < -0.3 is 33.1 Å². The van der Waals surface area contributed by atoms with Crippen LogP contribution < -0.4 is 22.9 Å². The maximum Gasteiger partial charge on any atom is 0.414 e. The summed E-state index contributed by atoms with van der Waals surface area (Å²) < 4.78 is 0. The van der Waals surface area contributed by atoms with Crippen LogP contribution in [-0.4, -0.2) is 67.3 Å². The molecular formula is C16H26N8O4. The Morgan fingerprint density at radius 3 is 1.25 bits per heavy atom. The van der Waals surface area contributed by atoms with Crippen LogP contribution in [0.15, 0.2) is 36.9 Å². The van der Waals surface area contributed by atoms with Crippen molar-refractivity contribution in [2.75, 3.05) is 13.1 Å². The van der Waals surface area contributed by atoms with E-state index in [2.05, 4.69) is 19.9 Å². The standard InChI is InChI=1S/2C7H12N4.C2H2O4/c2*8-5-6(9)4-7-10-2-1-3-11-7;3-1(4)2(5)6/h2*1-3,6H,4-5,8-9H2;(H,3,4)(H,5,6). The lowest BCUT2D eigenvalue weighted by Crippen LogP contribution is -2.32. The summed E-state index contributed by atoms with van der Waals surface area (Å²) in [5.74, 6) is -2.14. The molecule has 0 saturated carbocycles. The molecule has 0 aliphatic heterocycles. The van der Waals surface area contributed by atoms with E-state index in [1.807, 2.05) is 0 Å². The number of aliphatic carboxylic acids is 2. The lowest BCUT2D eigenvalue weighted by atomic mass is 10.2. The normalized spacial score (nSPS) is 11.7. The van der Waals surface area contributed by atoms with Gasteiger partial charge in [-0.15, -0.1) is 0 Å². The Hall–Kier alpha value is -3.06. The van der Waals surface area contributed by atoms with E-state index in [1.165, 1.54) is 0 Å². The van der Waals surface area contributed by atoms with Crippen LogP contribution >= 0.6 is 0 Å². The lowest BCUT2D eigenvalue weighted by Gasteiger charge is -2.05. The minimum absolute atomic E-state index is 0.0302. The quantitative estimate of drug-likeness (QED) is 0.286. The first-order valence-electron chi connectivity index (χ1n) is 8.19. The van der Waals surface area contributed by atoms with Gasteiger partial charge in [0.2, 0.25) is 0 Å². The molecule has 28 heavy (non-hydrogen) atoms. The van der Waals surface area contributed by atoms with Crippen molar-refractivity contribution in [3.8, 4) is 0 Å². The molecule has 12 nitrogen and oxygen atoms in total. The summed E-state index contributed by atoms with van der Waals surface area (Å²) in [6.45, 7) is 0.941. The largest absolute Gasteiger partial charge is 0.473 e. The third-order valence-electron chi connectivity index (χ3n) is 2.92. The second-order valence-electron chi connectivity index (χ2n) is 5.34. The van der Waals surface area contributed by atoms with E-state index < -0.39 is 11.9 Å². The van der Waals surface area contributed by atoms with Crippen molar-refractivity contribution in [2.45, 2.75) is 24.9 Å². The zero-order valence-electron chi connectivity index (χ0n) is 15.3. The Balaban J connectivity index is 0.000000411. The fourth-order valence-corrected chi connectivity index (χ4v) is 1.51. The highest BCUT2D eigenvalue weighted by molar-refractivity contribution is 6.27. The van der Waals surface area contributed by atoms with Crippen LogP contribution in [0.2, 0.25) is 0 Å². The molecule has 12 heteroatoms. The molecule has 0 aliphatic rings. The zero-order chi connectivity index (χ0) is 21.4. The van der Waals surface area contributed by atoms with Gasteiger partial charge in [0.05, 0.1) is 0 Å². The number of aromatic nitrogens is 4. The average molecular weight is 394 g/mol. The molecule has 0 aliphatic carbocycles. The number of carboxylic acids is 2. The van der Waals surface area contributed by atoms with Crippen LogP contribution in [0.1, 0.15) is 11.6 Å². The van der Waals surface area contributed by atoms with Crippen molar-refractivity contribution in [2.24, 2.45) is 22.9 Å². The zero-order valence-corrected chi connectivity index (χ0v) is 15.3. The number of nitrogens with zero attached hydrogens (tertiary/aromatic N) is 4. The van der Waals surface area contributed by atoms with E-state index >= 15 is 0 Å². The number of hydrogen-bond donors (Lipinski definition) is 6. The van der Waals surface area contributed by atoms with Crippen LogP contribution in [0.3, 0.4) is 0 Å². The predicted octanol–water partition coefficient (Wildman–Crippen LogP) is -2.23. The molecule has 2 unspecified atom stereocenters. The number of rotatable bonds is 6. The minimum atomic E-state index is -1.82. The SMILES string of the molecule is NCC(N)Cc1ncccn1.NCC(N)Cc1ncccn1.O=C(O)C(=O)O. The van der Waals surface area contributed by atoms with Gasteiger partial charge >= 0.3 is 11.9 Å². The van der Waals surface area contributed by atoms with Crippen LogP contribution in [0.5, 0.6) is 0 Å². The second-order valence-corrected chi connectivity index (χ2v) is 5.34. The van der Waals surface area contributed by atoms with Crippen molar-refractivity contribution in [3.05, 3.63) is 48.6 Å². The molecule has 2 atom stereocenters. The second kappa shape index (κ2) is 15.0. The third kappa shape index (κ3) is 13.2. The minimum Gasteiger partial charge on any atom is -0.473 e. The van der Waals surface area contributed by atoms with Gasteiger partial charge in [-0.05, 0) is 12.1 Å². The van der Waals surface area contributed by atoms with E-state index in [-0.39, 0.29) is 12.1 Å². The maximum atomic E-state index is 9.10. The number of hydrogen-bond acceptors (Lipinski definition) is 10. The van der Waals surface area contributed by atoms with Crippen molar-refractivity contribution in [1.82, 2.24) is 19.9 Å². The monoisotopic (exact) mass is 394 g/mol. The van der Waals surface area contributed by atoms with Gasteiger partial charge in [0.25, 0.3) is 0 Å². The highest BCUT2D eigenvalue weighted by Crippen LogP contribution is 1.91. The molecule has 2 heterocycles. The van der Waals surface area contributed by atoms with E-state index in [4.69, 9.17) is 42.7 Å². The van der Waals surface area contributed by atoms with Gasteiger partial charge in [0.1, 0.15) is 11.6 Å². The number of nitrogens with two attached hydrogens (primary N) is 4. The Morgan fingerprint density at radius 2 is 1.04 bits per heavy atom. The van der Waals surface area contributed by atoms with Gasteiger partial charge in [-0.3, -0.25) is 0 Å². The molecule has 2 aromatic rings. The van der Waals surface area contributed by atoms with E-state index in [9.17, 15) is 0 Å². The summed E-state index contributed by atoms with van der Waals surface area (Å²) in [7, 11) is 0. The fourth-order valence-electron chi connectivity index (χ4n) is 1.51. The molecule has 0 fully saturated rings. The van der Waals surface area contributed by atoms with Gasteiger partial charge in [0.15, 0.2) is 0 Å². The van der Waals surface area contributed by atoms with Gasteiger partial charge in [0, 0.05) is 62.8 Å². The summed E-state index contributed by atoms with van der Waals surface area (Å²) >= 11 is 0. The molecule has 154 valence electrons. The van der Waals surface area contributed by atoms with Gasteiger partial charge in [-0.1, -0.05) is 0 Å². The predicted molar refractivity (Wildman–Crippen MR) is 101 cm³/mol. The molecule has 0 radical (unpaired) electrons. The highest BCUT2D eigenvalue weighted by atomic mass is 16.4. The fraction of sp³-hybridized carbons (Fsp3) is 0.375. The first-order valence-corrected chi connectivity index (χ1v) is 8.19. The van der Waals surface area contributed by atoms with Crippen LogP contribution in [0, 0.1) is 0 Å². The Labute approximate surface area is 162 Å². The summed E-state index contributed by atoms with van der Waals surface area (Å²) in [5.41, 5.74) is 21.9. The first kappa shape index (κ1) is 24.9. The molecule has 10 N–H and O–H groups in total. The molecule has 0 saturated heterocycles. The Morgan fingerprint density at radius 1 is 0.750 bits per heavy atom. The molecule has 0 aromatic carbocycles. The van der Waals surface area contributed by atoms with E-state index in [0.717, 1.165) is 11.6 Å². The molecule has 0 bridgehead atoms. The summed E-state index contributed by atoms with van der Waals surface area (Å²) in [4.78, 5) is 34.3. The topological polar surface area (TPSA) is 230 Å². The molecule has 0 spiro atoms. The summed E-state index contributed by atoms with van der Waals surface area (Å²) in [5, 5.41) is 14.8. The highest BCUT2D eigenvalue weighted by Gasteiger charge is 2.04. The number of carboxylic acid groups (broad SMARTS) is 2. The van der Waals surface area contributed by atoms with Crippen molar-refractivity contribution >= 4 is 11.9 Å². The lowest BCUT2D eigenvalue weighted by molar-refractivity contribution is -0.159. The van der Waals surface area contributed by atoms with Crippen LogP contribution in [0.4, 0.5) is 0 Å². The van der Waals surface area contributed by atoms with Gasteiger partial charge in [-0.25, -0.2) is 29.5 Å². The Kier molecular flexibility index (Phi) is 13.4.